The van der Waals surface area contributed by atoms with Crippen LogP contribution in [0.2, 0.25) is 5.02 Å². The second-order valence-electron chi connectivity index (χ2n) is 8.64. The van der Waals surface area contributed by atoms with Crippen LogP contribution in [0.15, 0.2) is 54.6 Å². The molecule has 4 rings (SSSR count). The summed E-state index contributed by atoms with van der Waals surface area (Å²) in [5.41, 5.74) is 1.63. The van der Waals surface area contributed by atoms with Gasteiger partial charge in [-0.05, 0) is 60.5 Å². The van der Waals surface area contributed by atoms with Crippen molar-refractivity contribution in [1.82, 2.24) is 0 Å². The van der Waals surface area contributed by atoms with Crippen LogP contribution < -0.4 is 9.64 Å². The van der Waals surface area contributed by atoms with Gasteiger partial charge in [-0.2, -0.15) is 0 Å². The van der Waals surface area contributed by atoms with Crippen LogP contribution in [-0.2, 0) is 33.8 Å². The molecule has 5 nitrogen and oxygen atoms in total. The zero-order chi connectivity index (χ0) is 25.8. The molecule has 1 aliphatic rings. The lowest BCUT2D eigenvalue weighted by Crippen LogP contribution is -2.35. The molecule has 3 aromatic rings. The average molecular weight is 518 g/mol. The van der Waals surface area contributed by atoms with Crippen LogP contribution >= 0.6 is 11.6 Å². The van der Waals surface area contributed by atoms with E-state index < -0.39 is 29.3 Å². The Morgan fingerprint density at radius 2 is 1.67 bits per heavy atom. The van der Waals surface area contributed by atoms with Crippen LogP contribution in [0.1, 0.15) is 23.1 Å². The molecular weight excluding hydrogens is 495 g/mol. The van der Waals surface area contributed by atoms with Crippen LogP contribution in [-0.4, -0.2) is 25.5 Å². The van der Waals surface area contributed by atoms with Gasteiger partial charge in [-0.3, -0.25) is 9.59 Å². The highest BCUT2D eigenvalue weighted by Gasteiger charge is 2.28. The fraction of sp³-hybridized carbons (Fsp3) is 0.259. The van der Waals surface area contributed by atoms with Gasteiger partial charge in [-0.1, -0.05) is 11.6 Å². The number of amides is 1. The van der Waals surface area contributed by atoms with Crippen molar-refractivity contribution in [2.45, 2.75) is 25.9 Å². The van der Waals surface area contributed by atoms with E-state index in [-0.39, 0.29) is 44.0 Å². The summed E-state index contributed by atoms with van der Waals surface area (Å²) in [5.74, 6) is -3.38. The molecule has 0 aromatic heterocycles. The van der Waals surface area contributed by atoms with E-state index in [4.69, 9.17) is 21.1 Å². The first-order valence-corrected chi connectivity index (χ1v) is 11.6. The summed E-state index contributed by atoms with van der Waals surface area (Å²) in [6.45, 7) is 0.143. The van der Waals surface area contributed by atoms with Crippen LogP contribution in [0.4, 0.5) is 18.9 Å². The molecule has 0 spiro atoms. The maximum Gasteiger partial charge on any atom is 0.230 e. The van der Waals surface area contributed by atoms with Gasteiger partial charge in [0.25, 0.3) is 0 Å². The molecule has 9 heteroatoms. The van der Waals surface area contributed by atoms with E-state index in [0.29, 0.717) is 27.6 Å². The standard InChI is InChI=1S/C27H23ClF3NO4/c1-32(24-4-2-20(28)3-5-24)27(34)18(6-16-7-21(29)13-22(30)8-16)12-25(33)11-17-9-23(31)10-19-14-35-15-36-26(17)19/h2-5,7-10,13,18H,6,11-12,14-15H2,1H3. The summed E-state index contributed by atoms with van der Waals surface area (Å²) in [5, 5.41) is 0.493. The van der Waals surface area contributed by atoms with Gasteiger partial charge in [0.15, 0.2) is 6.79 Å². The number of benzene rings is 3. The van der Waals surface area contributed by atoms with Gasteiger partial charge in [-0.15, -0.1) is 0 Å². The van der Waals surface area contributed by atoms with E-state index in [1.807, 2.05) is 0 Å². The van der Waals surface area contributed by atoms with Gasteiger partial charge >= 0.3 is 0 Å². The zero-order valence-corrected chi connectivity index (χ0v) is 20.2. The van der Waals surface area contributed by atoms with Crippen molar-refractivity contribution in [1.29, 1.82) is 0 Å². The number of Topliss-reactive ketones (excluding diaryl/α,β-unsaturated/α-hetero) is 1. The topological polar surface area (TPSA) is 55.8 Å². The number of rotatable bonds is 8. The lowest BCUT2D eigenvalue weighted by molar-refractivity contribution is -0.127. The molecule has 0 N–H and O–H groups in total. The number of hydrogen-bond acceptors (Lipinski definition) is 4. The number of nitrogens with zero attached hydrogens (tertiary/aromatic N) is 1. The summed E-state index contributed by atoms with van der Waals surface area (Å²) < 4.78 is 52.4. The summed E-state index contributed by atoms with van der Waals surface area (Å²) in [6.07, 6.45) is -0.467. The Bertz CT molecular complexity index is 1260. The van der Waals surface area contributed by atoms with Gasteiger partial charge in [0.1, 0.15) is 29.0 Å². The second-order valence-corrected chi connectivity index (χ2v) is 9.07. The Balaban J connectivity index is 1.58. The molecule has 188 valence electrons. The molecule has 1 unspecified atom stereocenters. The fourth-order valence-electron chi connectivity index (χ4n) is 4.27. The minimum absolute atomic E-state index is 0.0159. The van der Waals surface area contributed by atoms with Gasteiger partial charge in [0, 0.05) is 53.7 Å². The number of fused-ring (bicyclic) bond motifs is 1. The molecular formula is C27H23ClF3NO4. The molecule has 1 amide bonds. The third-order valence-electron chi connectivity index (χ3n) is 5.91. The molecule has 1 aliphatic heterocycles. The molecule has 1 atom stereocenters. The number of anilines is 1. The van der Waals surface area contributed by atoms with Crippen LogP contribution in [0.3, 0.4) is 0 Å². The van der Waals surface area contributed by atoms with Crippen LogP contribution in [0.5, 0.6) is 5.75 Å². The van der Waals surface area contributed by atoms with E-state index in [1.165, 1.54) is 17.0 Å². The number of carbonyl (C=O) groups excluding carboxylic acids is 2. The third kappa shape index (κ3) is 6.25. The van der Waals surface area contributed by atoms with E-state index in [2.05, 4.69) is 0 Å². The summed E-state index contributed by atoms with van der Waals surface area (Å²) in [6, 6.07) is 12.1. The lowest BCUT2D eigenvalue weighted by Gasteiger charge is -2.24. The zero-order valence-electron chi connectivity index (χ0n) is 19.4. The van der Waals surface area contributed by atoms with Gasteiger partial charge < -0.3 is 14.4 Å². The lowest BCUT2D eigenvalue weighted by atomic mass is 9.90. The smallest absolute Gasteiger partial charge is 0.230 e. The molecule has 0 radical (unpaired) electrons. The molecule has 0 fully saturated rings. The second kappa shape index (κ2) is 11.1. The van der Waals surface area contributed by atoms with Crippen LogP contribution in [0, 0.1) is 23.4 Å². The highest BCUT2D eigenvalue weighted by molar-refractivity contribution is 6.30. The van der Waals surface area contributed by atoms with E-state index in [1.54, 1.807) is 31.3 Å². The molecule has 0 aliphatic carbocycles. The fourth-order valence-corrected chi connectivity index (χ4v) is 4.40. The highest BCUT2D eigenvalue weighted by Crippen LogP contribution is 2.31. The Hall–Kier alpha value is -3.36. The maximum absolute atomic E-state index is 14.1. The number of hydrogen-bond donors (Lipinski definition) is 0. The Kier molecular flexibility index (Phi) is 7.96. The summed E-state index contributed by atoms with van der Waals surface area (Å²) in [4.78, 5) is 27.9. The van der Waals surface area contributed by atoms with Crippen molar-refractivity contribution < 1.29 is 32.2 Å². The van der Waals surface area contributed by atoms with Crippen molar-refractivity contribution in [3.8, 4) is 5.75 Å². The Morgan fingerprint density at radius 1 is 1.00 bits per heavy atom. The quantitative estimate of drug-likeness (QED) is 0.387. The number of ether oxygens (including phenoxy) is 2. The number of ketones is 1. The molecule has 0 bridgehead atoms. The van der Waals surface area contributed by atoms with Gasteiger partial charge in [0.2, 0.25) is 5.91 Å². The average Bonchev–Trinajstić information content (AvgIpc) is 2.82. The van der Waals surface area contributed by atoms with Crippen molar-refractivity contribution in [3.63, 3.8) is 0 Å². The normalized spacial score (nSPS) is 13.5. The van der Waals surface area contributed by atoms with Gasteiger partial charge in [0.05, 0.1) is 6.61 Å². The van der Waals surface area contributed by atoms with Crippen LogP contribution in [0.25, 0.3) is 0 Å². The van der Waals surface area contributed by atoms with E-state index >= 15 is 0 Å². The Labute approximate surface area is 211 Å². The molecule has 3 aromatic carbocycles. The highest BCUT2D eigenvalue weighted by atomic mass is 35.5. The predicted octanol–water partition coefficient (Wildman–Crippen LogP) is 5.65. The third-order valence-corrected chi connectivity index (χ3v) is 6.16. The predicted molar refractivity (Wildman–Crippen MR) is 128 cm³/mol. The van der Waals surface area contributed by atoms with Crippen molar-refractivity contribution in [2.75, 3.05) is 18.7 Å². The minimum atomic E-state index is -0.923. The molecule has 36 heavy (non-hydrogen) atoms. The van der Waals surface area contributed by atoms with Crippen molar-refractivity contribution >= 4 is 29.0 Å². The first-order valence-electron chi connectivity index (χ1n) is 11.2. The number of halogens is 4. The largest absolute Gasteiger partial charge is 0.467 e. The SMILES string of the molecule is CN(C(=O)C(CC(=O)Cc1cc(F)cc2c1OCOC2)Cc1cc(F)cc(F)c1)c1ccc(Cl)cc1. The first-order chi connectivity index (χ1) is 17.2. The maximum atomic E-state index is 14.1. The van der Waals surface area contributed by atoms with Crippen molar-refractivity contribution in [3.05, 3.63) is 93.8 Å². The van der Waals surface area contributed by atoms with E-state index in [0.717, 1.165) is 18.2 Å². The van der Waals surface area contributed by atoms with Gasteiger partial charge in [-0.25, -0.2) is 13.2 Å². The Morgan fingerprint density at radius 3 is 2.36 bits per heavy atom. The first kappa shape index (κ1) is 25.7. The molecule has 1 heterocycles. The van der Waals surface area contributed by atoms with Crippen molar-refractivity contribution in [2.24, 2.45) is 5.92 Å². The minimum Gasteiger partial charge on any atom is -0.467 e. The summed E-state index contributed by atoms with van der Waals surface area (Å²) >= 11 is 5.94. The summed E-state index contributed by atoms with van der Waals surface area (Å²) in [7, 11) is 1.55. The van der Waals surface area contributed by atoms with E-state index in [9.17, 15) is 22.8 Å². The molecule has 0 saturated heterocycles. The monoisotopic (exact) mass is 517 g/mol. The molecule has 0 saturated carbocycles. The number of carbonyl (C=O) groups is 2.